The summed E-state index contributed by atoms with van der Waals surface area (Å²) in [7, 11) is 0. The number of carbonyl (C=O) groups excluding carboxylic acids is 2. The number of carboxylic acid groups (broad SMARTS) is 1. The topological polar surface area (TPSA) is 60.4 Å². The van der Waals surface area contributed by atoms with Gasteiger partial charge in [-0.05, 0) is 18.4 Å². The molecule has 1 saturated heterocycles. The zero-order valence-corrected chi connectivity index (χ0v) is 12.0. The van der Waals surface area contributed by atoms with Crippen molar-refractivity contribution in [3.05, 3.63) is 35.9 Å². The van der Waals surface area contributed by atoms with Crippen LogP contribution in [0.3, 0.4) is 0 Å². The highest BCUT2D eigenvalue weighted by atomic mass is 16.4. The molecule has 0 unspecified atom stereocenters. The molecule has 1 aromatic rings. The Morgan fingerprint density at radius 1 is 1.10 bits per heavy atom. The first-order chi connectivity index (χ1) is 10.2. The second kappa shape index (κ2) is 5.88. The van der Waals surface area contributed by atoms with Gasteiger partial charge in [0.15, 0.2) is 0 Å². The molecule has 112 valence electrons. The number of carbonyl (C=O) groups is 2. The molecule has 4 nitrogen and oxygen atoms in total. The maximum absolute atomic E-state index is 12.4. The summed E-state index contributed by atoms with van der Waals surface area (Å²) in [6.07, 6.45) is 5.47. The van der Waals surface area contributed by atoms with Crippen LogP contribution in [0.2, 0.25) is 0 Å². The number of hydrogen-bond donors (Lipinski definition) is 0. The van der Waals surface area contributed by atoms with Crippen molar-refractivity contribution in [1.82, 2.24) is 4.90 Å². The van der Waals surface area contributed by atoms with Crippen molar-refractivity contribution in [1.29, 1.82) is 0 Å². The summed E-state index contributed by atoms with van der Waals surface area (Å²) >= 11 is 0. The quantitative estimate of drug-likeness (QED) is 0.849. The molecule has 3 rings (SSSR count). The Bertz CT molecular complexity index is 522. The van der Waals surface area contributed by atoms with Crippen LogP contribution >= 0.6 is 0 Å². The third kappa shape index (κ3) is 2.67. The fourth-order valence-corrected chi connectivity index (χ4v) is 3.80. The highest BCUT2D eigenvalue weighted by molar-refractivity contribution is 5.87. The molecule has 1 aliphatic carbocycles. The van der Waals surface area contributed by atoms with Crippen LogP contribution in [0, 0.1) is 5.92 Å². The van der Waals surface area contributed by atoms with Crippen LogP contribution in [0.25, 0.3) is 0 Å². The zero-order valence-electron chi connectivity index (χ0n) is 12.0. The van der Waals surface area contributed by atoms with E-state index in [1.807, 2.05) is 35.2 Å². The number of nitrogens with zero attached hydrogens (tertiary/aromatic N) is 1. The maximum atomic E-state index is 12.4. The molecule has 0 spiro atoms. The summed E-state index contributed by atoms with van der Waals surface area (Å²) in [5, 5.41) is 11.5. The molecule has 2 fully saturated rings. The molecule has 0 aromatic heterocycles. The van der Waals surface area contributed by atoms with E-state index in [1.165, 1.54) is 6.42 Å². The van der Waals surface area contributed by atoms with Crippen molar-refractivity contribution in [2.75, 3.05) is 0 Å². The Hall–Kier alpha value is -1.84. The molecule has 0 N–H and O–H groups in total. The van der Waals surface area contributed by atoms with E-state index in [9.17, 15) is 14.7 Å². The molecular formula is C17H20NO3-. The Kier molecular flexibility index (Phi) is 3.95. The molecule has 4 heteroatoms. The highest BCUT2D eigenvalue weighted by Crippen LogP contribution is 2.41. The van der Waals surface area contributed by atoms with E-state index in [2.05, 4.69) is 0 Å². The van der Waals surface area contributed by atoms with E-state index in [1.54, 1.807) is 0 Å². The summed E-state index contributed by atoms with van der Waals surface area (Å²) in [5.74, 6) is -1.89. The number of amides is 1. The molecular weight excluding hydrogens is 266 g/mol. The lowest BCUT2D eigenvalue weighted by Gasteiger charge is -2.37. The van der Waals surface area contributed by atoms with E-state index < -0.39 is 11.9 Å². The van der Waals surface area contributed by atoms with E-state index in [0.29, 0.717) is 0 Å². The summed E-state index contributed by atoms with van der Waals surface area (Å²) in [6.45, 7) is 0. The van der Waals surface area contributed by atoms with Crippen molar-refractivity contribution in [3.63, 3.8) is 0 Å². The average molecular weight is 286 g/mol. The van der Waals surface area contributed by atoms with Gasteiger partial charge in [0.1, 0.15) is 0 Å². The van der Waals surface area contributed by atoms with Gasteiger partial charge >= 0.3 is 0 Å². The molecule has 1 saturated carbocycles. The molecule has 1 aliphatic heterocycles. The minimum Gasteiger partial charge on any atom is -0.550 e. The predicted molar refractivity (Wildman–Crippen MR) is 76.0 cm³/mol. The van der Waals surface area contributed by atoms with Crippen LogP contribution in [0.15, 0.2) is 30.3 Å². The number of rotatable bonds is 3. The van der Waals surface area contributed by atoms with Gasteiger partial charge in [-0.2, -0.15) is 0 Å². The number of likely N-dealkylation sites (tertiary alicyclic amines) is 1. The minimum atomic E-state index is -1.12. The fourth-order valence-electron chi connectivity index (χ4n) is 3.80. The Morgan fingerprint density at radius 2 is 1.76 bits per heavy atom. The number of benzene rings is 1. The Balaban J connectivity index is 1.95. The Morgan fingerprint density at radius 3 is 2.38 bits per heavy atom. The standard InChI is InChI=1S/C17H21NO3/c19-15-11-14(17(20)21)16(12-7-3-1-4-8-12)18(15)13-9-5-2-6-10-13/h1,3-4,7-8,13-14,16H,2,5-6,9-11H2,(H,20,21)/p-1/t14-,16-/m1/s1. The summed E-state index contributed by atoms with van der Waals surface area (Å²) in [4.78, 5) is 25.7. The first-order valence-corrected chi connectivity index (χ1v) is 7.75. The molecule has 21 heavy (non-hydrogen) atoms. The van der Waals surface area contributed by atoms with Crippen LogP contribution < -0.4 is 5.11 Å². The van der Waals surface area contributed by atoms with Crippen LogP contribution in [-0.4, -0.2) is 22.8 Å². The van der Waals surface area contributed by atoms with Gasteiger partial charge in [-0.15, -0.1) is 0 Å². The zero-order chi connectivity index (χ0) is 14.8. The van der Waals surface area contributed by atoms with Gasteiger partial charge in [-0.3, -0.25) is 4.79 Å². The smallest absolute Gasteiger partial charge is 0.224 e. The fraction of sp³-hybridized carbons (Fsp3) is 0.529. The monoisotopic (exact) mass is 286 g/mol. The van der Waals surface area contributed by atoms with Gasteiger partial charge < -0.3 is 14.8 Å². The maximum Gasteiger partial charge on any atom is 0.224 e. The second-order valence-electron chi connectivity index (χ2n) is 6.08. The average Bonchev–Trinajstić information content (AvgIpc) is 2.87. The highest BCUT2D eigenvalue weighted by Gasteiger charge is 2.44. The minimum absolute atomic E-state index is 0.0371. The van der Waals surface area contributed by atoms with E-state index >= 15 is 0 Å². The van der Waals surface area contributed by atoms with E-state index in [0.717, 1.165) is 31.2 Å². The molecule has 0 radical (unpaired) electrons. The van der Waals surface area contributed by atoms with Crippen LogP contribution in [0.5, 0.6) is 0 Å². The van der Waals surface area contributed by atoms with E-state index in [-0.39, 0.29) is 24.4 Å². The van der Waals surface area contributed by atoms with Crippen LogP contribution in [-0.2, 0) is 9.59 Å². The van der Waals surface area contributed by atoms with Gasteiger partial charge in [0.25, 0.3) is 0 Å². The normalized spacial score (nSPS) is 27.0. The Labute approximate surface area is 124 Å². The second-order valence-corrected chi connectivity index (χ2v) is 6.08. The van der Waals surface area contributed by atoms with Crippen LogP contribution in [0.1, 0.15) is 50.1 Å². The third-order valence-corrected chi connectivity index (χ3v) is 4.78. The van der Waals surface area contributed by atoms with Gasteiger partial charge in [0.2, 0.25) is 5.91 Å². The van der Waals surface area contributed by atoms with E-state index in [4.69, 9.17) is 0 Å². The number of carboxylic acids is 1. The molecule has 1 heterocycles. The summed E-state index contributed by atoms with van der Waals surface area (Å²) < 4.78 is 0. The molecule has 1 amide bonds. The molecule has 1 aromatic carbocycles. The summed E-state index contributed by atoms with van der Waals surface area (Å²) in [5.41, 5.74) is 0.906. The number of hydrogen-bond acceptors (Lipinski definition) is 3. The SMILES string of the molecule is O=C([O-])[C@@H]1CC(=O)N(C2CCCCC2)[C@@H]1c1ccccc1. The van der Waals surface area contributed by atoms with Crippen molar-refractivity contribution >= 4 is 11.9 Å². The molecule has 2 atom stereocenters. The summed E-state index contributed by atoms with van der Waals surface area (Å²) in [6, 6.07) is 9.32. The number of aliphatic carboxylic acids is 1. The van der Waals surface area contributed by atoms with Crippen molar-refractivity contribution in [3.8, 4) is 0 Å². The van der Waals surface area contributed by atoms with Crippen molar-refractivity contribution < 1.29 is 14.7 Å². The van der Waals surface area contributed by atoms with Gasteiger partial charge in [0.05, 0.1) is 6.04 Å². The lowest BCUT2D eigenvalue weighted by atomic mass is 9.90. The van der Waals surface area contributed by atoms with Crippen molar-refractivity contribution in [2.24, 2.45) is 5.92 Å². The largest absolute Gasteiger partial charge is 0.550 e. The lowest BCUT2D eigenvalue weighted by Crippen LogP contribution is -2.42. The van der Waals surface area contributed by atoms with Crippen LogP contribution in [0.4, 0.5) is 0 Å². The molecule has 0 bridgehead atoms. The molecule has 2 aliphatic rings. The van der Waals surface area contributed by atoms with Gasteiger partial charge in [-0.1, -0.05) is 49.6 Å². The van der Waals surface area contributed by atoms with Gasteiger partial charge in [-0.25, -0.2) is 0 Å². The van der Waals surface area contributed by atoms with Gasteiger partial charge in [0, 0.05) is 24.3 Å². The first-order valence-electron chi connectivity index (χ1n) is 7.75. The lowest BCUT2D eigenvalue weighted by molar-refractivity contribution is -0.312. The first kappa shape index (κ1) is 14.1. The third-order valence-electron chi connectivity index (χ3n) is 4.78. The van der Waals surface area contributed by atoms with Crippen molar-refractivity contribution in [2.45, 2.75) is 50.6 Å². The predicted octanol–water partition coefficient (Wildman–Crippen LogP) is 1.66.